The van der Waals surface area contributed by atoms with Crippen molar-refractivity contribution in [1.29, 1.82) is 0 Å². The van der Waals surface area contributed by atoms with Crippen molar-refractivity contribution in [2.24, 2.45) is 0 Å². The van der Waals surface area contributed by atoms with E-state index in [9.17, 15) is 0 Å². The van der Waals surface area contributed by atoms with E-state index in [0.29, 0.717) is 5.41 Å². The molecule has 0 unspecified atom stereocenters. The molecule has 1 aromatic carbocycles. The molecule has 0 aliphatic rings. The van der Waals surface area contributed by atoms with Gasteiger partial charge in [0.1, 0.15) is 0 Å². The largest absolute Gasteiger partial charge is 0.265 e. The molecule has 24 heavy (non-hydrogen) atoms. The quantitative estimate of drug-likeness (QED) is 0.490. The molecular weight excluding hydrogens is 290 g/mol. The van der Waals surface area contributed by atoms with Gasteiger partial charge in [0.25, 0.3) is 0 Å². The van der Waals surface area contributed by atoms with Gasteiger partial charge in [-0.25, -0.2) is 0 Å². The van der Waals surface area contributed by atoms with E-state index in [1.807, 2.05) is 40.1 Å². The van der Waals surface area contributed by atoms with Gasteiger partial charge in [0.15, 0.2) is 0 Å². The van der Waals surface area contributed by atoms with Crippen molar-refractivity contribution in [2.75, 3.05) is 0 Å². The lowest BCUT2D eigenvalue weighted by molar-refractivity contribution is 0.589. The molecule has 1 heteroatoms. The fourth-order valence-electron chi connectivity index (χ4n) is 1.79. The Morgan fingerprint density at radius 2 is 0.875 bits per heavy atom. The van der Waals surface area contributed by atoms with E-state index < -0.39 is 0 Å². The van der Waals surface area contributed by atoms with Crippen molar-refractivity contribution in [3.05, 3.63) is 66.0 Å². The lowest BCUT2D eigenvalue weighted by Gasteiger charge is -2.18. The Bertz CT molecular complexity index is 438. The molecule has 0 amide bonds. The van der Waals surface area contributed by atoms with E-state index in [1.165, 1.54) is 11.1 Å². The van der Waals surface area contributed by atoms with E-state index in [2.05, 4.69) is 89.0 Å². The fourth-order valence-corrected chi connectivity index (χ4v) is 1.79. The first kappa shape index (κ1) is 24.6. The van der Waals surface area contributed by atoms with Crippen molar-refractivity contribution >= 4 is 0 Å². The highest BCUT2D eigenvalue weighted by Gasteiger charge is 2.12. The van der Waals surface area contributed by atoms with Crippen LogP contribution in [-0.4, -0.2) is 4.98 Å². The van der Waals surface area contributed by atoms with E-state index >= 15 is 0 Å². The molecule has 0 aliphatic carbocycles. The first-order chi connectivity index (χ1) is 11.2. The van der Waals surface area contributed by atoms with Crippen molar-refractivity contribution in [3.63, 3.8) is 0 Å². The Morgan fingerprint density at radius 3 is 1.12 bits per heavy atom. The van der Waals surface area contributed by atoms with Gasteiger partial charge >= 0.3 is 0 Å². The summed E-state index contributed by atoms with van der Waals surface area (Å²) in [5, 5.41) is 0. The molecular formula is C23H39N. The molecule has 1 nitrogen and oxygen atoms in total. The summed E-state index contributed by atoms with van der Waals surface area (Å²) in [6.45, 7) is 21.3. The van der Waals surface area contributed by atoms with E-state index in [1.54, 1.807) is 0 Å². The van der Waals surface area contributed by atoms with Crippen LogP contribution in [0.4, 0.5) is 0 Å². The first-order valence-electron chi connectivity index (χ1n) is 9.17. The second-order valence-corrected chi connectivity index (χ2v) is 7.10. The van der Waals surface area contributed by atoms with Crippen LogP contribution in [0.2, 0.25) is 0 Å². The average Bonchev–Trinajstić information content (AvgIpc) is 2.59. The van der Waals surface area contributed by atoms with Crippen LogP contribution in [0.5, 0.6) is 0 Å². The SMILES string of the molecule is CC.CC.CC(C)(C)c1ccccc1.CC(C)(C)c1ccncc1. The zero-order chi connectivity index (χ0) is 19.2. The average molecular weight is 330 g/mol. The van der Waals surface area contributed by atoms with Crippen molar-refractivity contribution in [1.82, 2.24) is 4.98 Å². The van der Waals surface area contributed by atoms with Gasteiger partial charge in [-0.15, -0.1) is 0 Å². The maximum Gasteiger partial charge on any atom is 0.0270 e. The lowest BCUT2D eigenvalue weighted by Crippen LogP contribution is -2.10. The Hall–Kier alpha value is -1.63. The minimum absolute atomic E-state index is 0.253. The minimum Gasteiger partial charge on any atom is -0.265 e. The number of rotatable bonds is 0. The first-order valence-corrected chi connectivity index (χ1v) is 9.17. The number of hydrogen-bond donors (Lipinski definition) is 0. The summed E-state index contributed by atoms with van der Waals surface area (Å²) >= 11 is 0. The molecule has 2 aromatic rings. The van der Waals surface area contributed by atoms with Crippen LogP contribution in [0.1, 0.15) is 80.4 Å². The predicted molar refractivity (Wildman–Crippen MR) is 111 cm³/mol. The maximum atomic E-state index is 3.96. The van der Waals surface area contributed by atoms with Crippen LogP contribution in [0.25, 0.3) is 0 Å². The summed E-state index contributed by atoms with van der Waals surface area (Å²) in [4.78, 5) is 3.96. The van der Waals surface area contributed by atoms with Gasteiger partial charge in [0, 0.05) is 12.4 Å². The Kier molecular flexibility index (Phi) is 13.1. The number of aromatic nitrogens is 1. The van der Waals surface area contributed by atoms with Gasteiger partial charge in [-0.05, 0) is 34.1 Å². The number of hydrogen-bond acceptors (Lipinski definition) is 1. The van der Waals surface area contributed by atoms with Gasteiger partial charge in [-0.1, -0.05) is 99.6 Å². The second-order valence-electron chi connectivity index (χ2n) is 7.10. The molecule has 0 fully saturated rings. The van der Waals surface area contributed by atoms with Crippen molar-refractivity contribution in [2.45, 2.75) is 80.1 Å². The lowest BCUT2D eigenvalue weighted by atomic mass is 9.87. The highest BCUT2D eigenvalue weighted by Crippen LogP contribution is 2.21. The molecule has 2 rings (SSSR count). The van der Waals surface area contributed by atoms with Crippen molar-refractivity contribution < 1.29 is 0 Å². The molecule has 0 atom stereocenters. The van der Waals surface area contributed by atoms with Gasteiger partial charge < -0.3 is 0 Å². The summed E-state index contributed by atoms with van der Waals surface area (Å²) in [6, 6.07) is 14.7. The number of benzene rings is 1. The summed E-state index contributed by atoms with van der Waals surface area (Å²) in [6.07, 6.45) is 3.67. The Morgan fingerprint density at radius 1 is 0.542 bits per heavy atom. The second kappa shape index (κ2) is 12.8. The molecule has 0 spiro atoms. The summed E-state index contributed by atoms with van der Waals surface area (Å²) in [5.41, 5.74) is 3.28. The Labute approximate surface area is 151 Å². The maximum absolute atomic E-state index is 3.96. The third-order valence-corrected chi connectivity index (χ3v) is 3.19. The molecule has 1 heterocycles. The van der Waals surface area contributed by atoms with Crippen LogP contribution in [0, 0.1) is 0 Å². The topological polar surface area (TPSA) is 12.9 Å². The molecule has 0 radical (unpaired) electrons. The standard InChI is InChI=1S/C10H14.C9H13N.2C2H6/c1-10(2,3)9-7-5-4-6-8-9;1-9(2,3)8-4-6-10-7-5-8;2*1-2/h4-8H,1-3H3;4-7H,1-3H3;2*1-2H3. The highest BCUT2D eigenvalue weighted by molar-refractivity contribution is 5.22. The molecule has 0 saturated heterocycles. The molecule has 136 valence electrons. The number of nitrogens with zero attached hydrogens (tertiary/aromatic N) is 1. The monoisotopic (exact) mass is 329 g/mol. The summed E-state index contributed by atoms with van der Waals surface area (Å²) < 4.78 is 0. The van der Waals surface area contributed by atoms with Crippen LogP contribution >= 0.6 is 0 Å². The highest BCUT2D eigenvalue weighted by atomic mass is 14.6. The zero-order valence-electron chi connectivity index (χ0n) is 17.6. The minimum atomic E-state index is 0.253. The van der Waals surface area contributed by atoms with Gasteiger partial charge in [-0.3, -0.25) is 4.98 Å². The third-order valence-electron chi connectivity index (χ3n) is 3.19. The van der Waals surface area contributed by atoms with Crippen LogP contribution in [0.3, 0.4) is 0 Å². The van der Waals surface area contributed by atoms with Crippen LogP contribution < -0.4 is 0 Å². The normalized spacial score (nSPS) is 10.1. The van der Waals surface area contributed by atoms with E-state index in [-0.39, 0.29) is 5.41 Å². The summed E-state index contributed by atoms with van der Waals surface area (Å²) in [5.74, 6) is 0. The molecule has 0 bridgehead atoms. The van der Waals surface area contributed by atoms with Crippen molar-refractivity contribution in [3.8, 4) is 0 Å². The zero-order valence-corrected chi connectivity index (χ0v) is 17.6. The third kappa shape index (κ3) is 11.0. The van der Waals surface area contributed by atoms with Crippen LogP contribution in [-0.2, 0) is 10.8 Å². The van der Waals surface area contributed by atoms with Gasteiger partial charge in [0.05, 0.1) is 0 Å². The Balaban J connectivity index is 0. The predicted octanol–water partition coefficient (Wildman–Crippen LogP) is 7.42. The van der Waals surface area contributed by atoms with Crippen LogP contribution in [0.15, 0.2) is 54.9 Å². The number of pyridine rings is 1. The van der Waals surface area contributed by atoms with Gasteiger partial charge in [-0.2, -0.15) is 0 Å². The van der Waals surface area contributed by atoms with Gasteiger partial charge in [0.2, 0.25) is 0 Å². The molecule has 0 N–H and O–H groups in total. The smallest absolute Gasteiger partial charge is 0.0270 e. The van der Waals surface area contributed by atoms with E-state index in [4.69, 9.17) is 0 Å². The molecule has 0 saturated carbocycles. The van der Waals surface area contributed by atoms with E-state index in [0.717, 1.165) is 0 Å². The summed E-state index contributed by atoms with van der Waals surface area (Å²) in [7, 11) is 0. The molecule has 1 aromatic heterocycles. The fraction of sp³-hybridized carbons (Fsp3) is 0.522. The molecule has 0 aliphatic heterocycles.